The Morgan fingerprint density at radius 2 is 1.95 bits per heavy atom. The molecule has 0 radical (unpaired) electrons. The van der Waals surface area contributed by atoms with Crippen LogP contribution >= 0.6 is 0 Å². The van der Waals surface area contributed by atoms with E-state index in [4.69, 9.17) is 0 Å². The first-order chi connectivity index (χ1) is 9.88. The van der Waals surface area contributed by atoms with Gasteiger partial charge in [-0.15, -0.1) is 0 Å². The summed E-state index contributed by atoms with van der Waals surface area (Å²) in [7, 11) is -3.43. The highest BCUT2D eigenvalue weighted by Crippen LogP contribution is 2.16. The Labute approximate surface area is 128 Å². The van der Waals surface area contributed by atoms with Gasteiger partial charge in [0.25, 0.3) is 0 Å². The van der Waals surface area contributed by atoms with Crippen molar-refractivity contribution in [1.29, 1.82) is 0 Å². The van der Waals surface area contributed by atoms with E-state index in [1.807, 2.05) is 19.1 Å². The number of hydrogen-bond donors (Lipinski definition) is 2. The molecule has 1 aromatic carbocycles. The van der Waals surface area contributed by atoms with Gasteiger partial charge in [-0.3, -0.25) is 0 Å². The number of benzene rings is 1. The smallest absolute Gasteiger partial charge is 0.240 e. The van der Waals surface area contributed by atoms with Gasteiger partial charge in [0, 0.05) is 12.1 Å². The lowest BCUT2D eigenvalue weighted by molar-refractivity contribution is 0.349. The molecule has 4 nitrogen and oxygen atoms in total. The van der Waals surface area contributed by atoms with Crippen molar-refractivity contribution in [2.45, 2.75) is 57.0 Å². The fraction of sp³-hybridized carbons (Fsp3) is 0.625. The van der Waals surface area contributed by atoms with Gasteiger partial charge >= 0.3 is 0 Å². The van der Waals surface area contributed by atoms with Gasteiger partial charge < -0.3 is 5.32 Å². The quantitative estimate of drug-likeness (QED) is 0.877. The first-order valence-electron chi connectivity index (χ1n) is 7.73. The largest absolute Gasteiger partial charge is 0.313 e. The summed E-state index contributed by atoms with van der Waals surface area (Å²) in [6.07, 6.45) is 2.86. The van der Waals surface area contributed by atoms with Crippen LogP contribution in [0.1, 0.15) is 39.2 Å². The Kier molecular flexibility index (Phi) is 5.41. The zero-order valence-electron chi connectivity index (χ0n) is 13.1. The number of rotatable bonds is 5. The van der Waals surface area contributed by atoms with Gasteiger partial charge in [0.1, 0.15) is 0 Å². The van der Waals surface area contributed by atoms with Gasteiger partial charge in [0.05, 0.1) is 4.90 Å². The zero-order chi connectivity index (χ0) is 15.5. The molecule has 1 saturated heterocycles. The summed E-state index contributed by atoms with van der Waals surface area (Å²) < 4.78 is 27.7. The van der Waals surface area contributed by atoms with Crippen molar-refractivity contribution >= 4 is 10.0 Å². The minimum atomic E-state index is -3.43. The molecule has 1 aliphatic rings. The summed E-state index contributed by atoms with van der Waals surface area (Å²) in [4.78, 5) is 0.354. The van der Waals surface area contributed by atoms with Gasteiger partial charge in [-0.1, -0.05) is 26.0 Å². The maximum absolute atomic E-state index is 12.4. The van der Waals surface area contributed by atoms with Crippen molar-refractivity contribution in [3.63, 3.8) is 0 Å². The Morgan fingerprint density at radius 1 is 1.29 bits per heavy atom. The van der Waals surface area contributed by atoms with Crippen molar-refractivity contribution in [3.05, 3.63) is 29.8 Å². The van der Waals surface area contributed by atoms with Crippen molar-refractivity contribution in [2.75, 3.05) is 6.54 Å². The normalized spacial score (nSPS) is 23.4. The van der Waals surface area contributed by atoms with E-state index >= 15 is 0 Å². The van der Waals surface area contributed by atoms with Crippen LogP contribution in [0.4, 0.5) is 0 Å². The van der Waals surface area contributed by atoms with Crippen molar-refractivity contribution in [1.82, 2.24) is 10.0 Å². The van der Waals surface area contributed by atoms with Gasteiger partial charge in [-0.05, 0) is 56.3 Å². The van der Waals surface area contributed by atoms with Crippen LogP contribution in [-0.4, -0.2) is 27.0 Å². The Morgan fingerprint density at radius 3 is 2.52 bits per heavy atom. The highest BCUT2D eigenvalue weighted by atomic mass is 32.2. The van der Waals surface area contributed by atoms with Crippen LogP contribution < -0.4 is 10.0 Å². The lowest BCUT2D eigenvalue weighted by atomic mass is 10.0. The van der Waals surface area contributed by atoms with E-state index in [9.17, 15) is 8.42 Å². The van der Waals surface area contributed by atoms with Crippen LogP contribution in [0.25, 0.3) is 0 Å². The summed E-state index contributed by atoms with van der Waals surface area (Å²) in [6.45, 7) is 7.30. The maximum Gasteiger partial charge on any atom is 0.240 e. The third kappa shape index (κ3) is 4.53. The minimum absolute atomic E-state index is 0.0286. The van der Waals surface area contributed by atoms with Crippen LogP contribution in [0.2, 0.25) is 0 Å². The molecular formula is C16H26N2O2S. The van der Waals surface area contributed by atoms with Crippen LogP contribution in [0.3, 0.4) is 0 Å². The van der Waals surface area contributed by atoms with Gasteiger partial charge in [-0.2, -0.15) is 0 Å². The molecule has 2 atom stereocenters. The van der Waals surface area contributed by atoms with Gasteiger partial charge in [0.15, 0.2) is 0 Å². The molecule has 0 amide bonds. The van der Waals surface area contributed by atoms with E-state index in [1.165, 1.54) is 5.56 Å². The molecule has 21 heavy (non-hydrogen) atoms. The second kappa shape index (κ2) is 6.90. The average Bonchev–Trinajstić information content (AvgIpc) is 2.41. The molecule has 1 heterocycles. The lowest BCUT2D eigenvalue weighted by Gasteiger charge is -2.30. The molecular weight excluding hydrogens is 284 g/mol. The first-order valence-corrected chi connectivity index (χ1v) is 9.21. The van der Waals surface area contributed by atoms with Crippen LogP contribution in [0.15, 0.2) is 29.2 Å². The standard InChI is InChI=1S/C16H26N2O2S/c1-12(2)11-14-6-8-15(9-7-14)21(19,20)18-16-5-4-10-17-13(16)3/h6-9,12-13,16-18H,4-5,10-11H2,1-3H3. The van der Waals surface area contributed by atoms with Crippen molar-refractivity contribution < 1.29 is 8.42 Å². The highest BCUT2D eigenvalue weighted by Gasteiger charge is 2.26. The summed E-state index contributed by atoms with van der Waals surface area (Å²) in [5.74, 6) is 0.569. The molecule has 0 aliphatic carbocycles. The number of hydrogen-bond acceptors (Lipinski definition) is 3. The van der Waals surface area contributed by atoms with E-state index in [-0.39, 0.29) is 12.1 Å². The second-order valence-electron chi connectivity index (χ2n) is 6.35. The number of piperidine rings is 1. The first kappa shape index (κ1) is 16.5. The van der Waals surface area contributed by atoms with Crippen LogP contribution in [0.5, 0.6) is 0 Å². The maximum atomic E-state index is 12.4. The molecule has 2 unspecified atom stereocenters. The Balaban J connectivity index is 2.08. The van der Waals surface area contributed by atoms with Crippen LogP contribution in [0, 0.1) is 5.92 Å². The molecule has 0 saturated carbocycles. The van der Waals surface area contributed by atoms with E-state index in [1.54, 1.807) is 12.1 Å². The SMILES string of the molecule is CC(C)Cc1ccc(S(=O)(=O)NC2CCCNC2C)cc1. The number of sulfonamides is 1. The third-order valence-electron chi connectivity index (χ3n) is 3.95. The molecule has 118 valence electrons. The molecule has 2 rings (SSSR count). The molecule has 1 fully saturated rings. The fourth-order valence-corrected chi connectivity index (χ4v) is 4.10. The second-order valence-corrected chi connectivity index (χ2v) is 8.07. The van der Waals surface area contributed by atoms with E-state index < -0.39 is 10.0 Å². The third-order valence-corrected chi connectivity index (χ3v) is 5.45. The predicted octanol–water partition coefficient (Wildman–Crippen LogP) is 2.30. The molecule has 0 bridgehead atoms. The highest BCUT2D eigenvalue weighted by molar-refractivity contribution is 7.89. The topological polar surface area (TPSA) is 58.2 Å². The van der Waals surface area contributed by atoms with Gasteiger partial charge in [-0.25, -0.2) is 13.1 Å². The molecule has 2 N–H and O–H groups in total. The summed E-state index contributed by atoms with van der Waals surface area (Å²) in [5.41, 5.74) is 1.18. The lowest BCUT2D eigenvalue weighted by Crippen LogP contribution is -2.51. The Bertz CT molecular complexity index is 552. The molecule has 5 heteroatoms. The molecule has 0 aromatic heterocycles. The monoisotopic (exact) mass is 310 g/mol. The van der Waals surface area contributed by atoms with Crippen molar-refractivity contribution in [3.8, 4) is 0 Å². The molecule has 1 aromatic rings. The number of nitrogens with one attached hydrogen (secondary N) is 2. The molecule has 0 spiro atoms. The van der Waals surface area contributed by atoms with E-state index in [2.05, 4.69) is 23.9 Å². The minimum Gasteiger partial charge on any atom is -0.313 e. The van der Waals surface area contributed by atoms with Crippen molar-refractivity contribution in [2.24, 2.45) is 5.92 Å². The van der Waals surface area contributed by atoms with E-state index in [0.717, 1.165) is 25.8 Å². The fourth-order valence-electron chi connectivity index (χ4n) is 2.75. The van der Waals surface area contributed by atoms with E-state index in [0.29, 0.717) is 10.8 Å². The van der Waals surface area contributed by atoms with Gasteiger partial charge in [0.2, 0.25) is 10.0 Å². The summed E-state index contributed by atoms with van der Waals surface area (Å²) in [5, 5.41) is 3.31. The summed E-state index contributed by atoms with van der Waals surface area (Å²) in [6, 6.07) is 7.39. The zero-order valence-corrected chi connectivity index (χ0v) is 13.9. The molecule has 1 aliphatic heterocycles. The Hall–Kier alpha value is -0.910. The summed E-state index contributed by atoms with van der Waals surface area (Å²) >= 11 is 0. The predicted molar refractivity (Wildman–Crippen MR) is 85.8 cm³/mol. The average molecular weight is 310 g/mol. The van der Waals surface area contributed by atoms with Crippen LogP contribution in [-0.2, 0) is 16.4 Å².